The summed E-state index contributed by atoms with van der Waals surface area (Å²) in [7, 11) is 1.62. The minimum atomic E-state index is -0.295. The number of carbonyl (C=O) groups excluding carboxylic acids is 1. The van der Waals surface area contributed by atoms with Crippen molar-refractivity contribution < 1.29 is 13.9 Å². The molecule has 0 spiro atoms. The van der Waals surface area contributed by atoms with Crippen LogP contribution >= 0.6 is 11.8 Å². The maximum absolute atomic E-state index is 13.0. The summed E-state index contributed by atoms with van der Waals surface area (Å²) < 4.78 is 18.3. The quantitative estimate of drug-likeness (QED) is 0.624. The number of benzene rings is 2. The van der Waals surface area contributed by atoms with Crippen LogP contribution in [0.25, 0.3) is 10.9 Å². The predicted octanol–water partition coefficient (Wildman–Crippen LogP) is 4.73. The fourth-order valence-electron chi connectivity index (χ4n) is 2.89. The molecule has 3 aromatic rings. The van der Waals surface area contributed by atoms with Crippen molar-refractivity contribution in [2.24, 2.45) is 0 Å². The number of halogens is 1. The van der Waals surface area contributed by atoms with Gasteiger partial charge in [0, 0.05) is 18.0 Å². The van der Waals surface area contributed by atoms with Crippen molar-refractivity contribution in [3.8, 4) is 5.75 Å². The Labute approximate surface area is 162 Å². The number of amides is 1. The standard InChI is InChI=1S/C21H21FN2O2S/c1-4-27-21-19(20(25)23-12-14-5-7-15(22)8-6-14)13(2)17-10-9-16(26-3)11-18(17)24-21/h5-11H,4,12H2,1-3H3,(H,23,25). The SMILES string of the molecule is CCSc1nc2cc(OC)ccc2c(C)c1C(=O)NCc1ccc(F)cc1. The van der Waals surface area contributed by atoms with Crippen LogP contribution in [-0.4, -0.2) is 23.8 Å². The van der Waals surface area contributed by atoms with E-state index < -0.39 is 0 Å². The number of ether oxygens (including phenoxy) is 1. The summed E-state index contributed by atoms with van der Waals surface area (Å²) in [5, 5.41) is 4.54. The van der Waals surface area contributed by atoms with E-state index in [0.717, 1.165) is 33.5 Å². The van der Waals surface area contributed by atoms with E-state index in [4.69, 9.17) is 9.72 Å². The molecule has 0 fully saturated rings. The third kappa shape index (κ3) is 4.22. The average Bonchev–Trinajstić information content (AvgIpc) is 2.67. The van der Waals surface area contributed by atoms with Crippen molar-refractivity contribution in [3.05, 3.63) is 65.0 Å². The first-order valence-corrected chi connectivity index (χ1v) is 9.65. The molecule has 2 aromatic carbocycles. The molecule has 0 aliphatic heterocycles. The highest BCUT2D eigenvalue weighted by molar-refractivity contribution is 7.99. The minimum absolute atomic E-state index is 0.182. The highest BCUT2D eigenvalue weighted by Crippen LogP contribution is 2.31. The summed E-state index contributed by atoms with van der Waals surface area (Å²) in [5.41, 5.74) is 3.11. The van der Waals surface area contributed by atoms with Crippen molar-refractivity contribution in [2.75, 3.05) is 12.9 Å². The van der Waals surface area contributed by atoms with Crippen molar-refractivity contribution in [3.63, 3.8) is 0 Å². The lowest BCUT2D eigenvalue weighted by molar-refractivity contribution is 0.0947. The van der Waals surface area contributed by atoms with Crippen LogP contribution in [0.5, 0.6) is 5.75 Å². The van der Waals surface area contributed by atoms with Crippen molar-refractivity contribution in [2.45, 2.75) is 25.4 Å². The van der Waals surface area contributed by atoms with Gasteiger partial charge < -0.3 is 10.1 Å². The Hall–Kier alpha value is -2.60. The van der Waals surface area contributed by atoms with Gasteiger partial charge in [0.05, 0.1) is 18.2 Å². The lowest BCUT2D eigenvalue weighted by Gasteiger charge is -2.15. The Morgan fingerprint density at radius 3 is 2.63 bits per heavy atom. The van der Waals surface area contributed by atoms with Crippen LogP contribution in [0.4, 0.5) is 4.39 Å². The number of pyridine rings is 1. The molecule has 0 saturated heterocycles. The van der Waals surface area contributed by atoms with Crippen LogP contribution in [0.1, 0.15) is 28.4 Å². The molecule has 27 heavy (non-hydrogen) atoms. The van der Waals surface area contributed by atoms with Crippen molar-refractivity contribution in [1.82, 2.24) is 10.3 Å². The van der Waals surface area contributed by atoms with Gasteiger partial charge in [0.25, 0.3) is 5.91 Å². The molecule has 1 aromatic heterocycles. The van der Waals surface area contributed by atoms with Gasteiger partial charge in [-0.15, -0.1) is 11.8 Å². The third-order valence-electron chi connectivity index (χ3n) is 4.29. The molecule has 0 aliphatic rings. The normalized spacial score (nSPS) is 10.8. The number of fused-ring (bicyclic) bond motifs is 1. The number of hydrogen-bond donors (Lipinski definition) is 1. The van der Waals surface area contributed by atoms with Gasteiger partial charge in [-0.05, 0) is 48.1 Å². The zero-order valence-corrected chi connectivity index (χ0v) is 16.3. The molecule has 0 saturated carbocycles. The number of carbonyl (C=O) groups is 1. The maximum atomic E-state index is 13.0. The van der Waals surface area contributed by atoms with Gasteiger partial charge in [-0.25, -0.2) is 9.37 Å². The number of nitrogens with zero attached hydrogens (tertiary/aromatic N) is 1. The lowest BCUT2D eigenvalue weighted by atomic mass is 10.0. The number of methoxy groups -OCH3 is 1. The first kappa shape index (κ1) is 19.2. The van der Waals surface area contributed by atoms with E-state index in [2.05, 4.69) is 5.32 Å². The fourth-order valence-corrected chi connectivity index (χ4v) is 3.72. The van der Waals surface area contributed by atoms with Gasteiger partial charge >= 0.3 is 0 Å². The van der Waals surface area contributed by atoms with Gasteiger partial charge in [-0.2, -0.15) is 0 Å². The average molecular weight is 384 g/mol. The highest BCUT2D eigenvalue weighted by Gasteiger charge is 2.19. The second kappa shape index (κ2) is 8.39. The summed E-state index contributed by atoms with van der Waals surface area (Å²) >= 11 is 1.53. The van der Waals surface area contributed by atoms with E-state index >= 15 is 0 Å². The Bertz CT molecular complexity index is 974. The van der Waals surface area contributed by atoms with Crippen LogP contribution in [0.15, 0.2) is 47.5 Å². The Balaban J connectivity index is 1.95. The number of nitrogens with one attached hydrogen (secondary N) is 1. The second-order valence-corrected chi connectivity index (χ2v) is 7.29. The molecule has 140 valence electrons. The fraction of sp³-hybridized carbons (Fsp3) is 0.238. The Kier molecular flexibility index (Phi) is 5.96. The minimum Gasteiger partial charge on any atom is -0.497 e. The summed E-state index contributed by atoms with van der Waals surface area (Å²) in [5.74, 6) is 1.06. The number of aromatic nitrogens is 1. The van der Waals surface area contributed by atoms with Gasteiger partial charge in [-0.1, -0.05) is 19.1 Å². The van der Waals surface area contributed by atoms with Crippen LogP contribution in [0, 0.1) is 12.7 Å². The van der Waals surface area contributed by atoms with Crippen LogP contribution in [0.2, 0.25) is 0 Å². The highest BCUT2D eigenvalue weighted by atomic mass is 32.2. The molecule has 0 unspecified atom stereocenters. The molecule has 1 amide bonds. The zero-order valence-electron chi connectivity index (χ0n) is 15.5. The van der Waals surface area contributed by atoms with E-state index in [-0.39, 0.29) is 11.7 Å². The maximum Gasteiger partial charge on any atom is 0.254 e. The van der Waals surface area contributed by atoms with Gasteiger partial charge in [0.1, 0.15) is 16.6 Å². The summed E-state index contributed by atoms with van der Waals surface area (Å²) in [6, 6.07) is 11.8. The monoisotopic (exact) mass is 384 g/mol. The molecule has 1 N–H and O–H groups in total. The first-order valence-electron chi connectivity index (χ1n) is 8.67. The summed E-state index contributed by atoms with van der Waals surface area (Å²) in [6.07, 6.45) is 0. The molecule has 1 heterocycles. The number of hydrogen-bond acceptors (Lipinski definition) is 4. The molecule has 6 heteroatoms. The van der Waals surface area contributed by atoms with E-state index in [0.29, 0.717) is 17.1 Å². The first-order chi connectivity index (χ1) is 13.0. The number of rotatable bonds is 6. The molecule has 0 aliphatic carbocycles. The van der Waals surface area contributed by atoms with Crippen molar-refractivity contribution in [1.29, 1.82) is 0 Å². The molecule has 0 atom stereocenters. The summed E-state index contributed by atoms with van der Waals surface area (Å²) in [4.78, 5) is 17.6. The number of aryl methyl sites for hydroxylation is 1. The molecule has 0 bridgehead atoms. The van der Waals surface area contributed by atoms with Crippen molar-refractivity contribution >= 4 is 28.6 Å². The van der Waals surface area contributed by atoms with Crippen LogP contribution in [-0.2, 0) is 6.54 Å². The topological polar surface area (TPSA) is 51.2 Å². The molecule has 4 nitrogen and oxygen atoms in total. The van der Waals surface area contributed by atoms with Gasteiger partial charge in [-0.3, -0.25) is 4.79 Å². The number of thioether (sulfide) groups is 1. The summed E-state index contributed by atoms with van der Waals surface area (Å²) in [6.45, 7) is 4.29. The van der Waals surface area contributed by atoms with Crippen LogP contribution in [0.3, 0.4) is 0 Å². The van der Waals surface area contributed by atoms with E-state index in [9.17, 15) is 9.18 Å². The Morgan fingerprint density at radius 1 is 1.22 bits per heavy atom. The third-order valence-corrected chi connectivity index (χ3v) is 5.15. The zero-order chi connectivity index (χ0) is 19.4. The smallest absolute Gasteiger partial charge is 0.254 e. The molecular weight excluding hydrogens is 363 g/mol. The Morgan fingerprint density at radius 2 is 1.96 bits per heavy atom. The van der Waals surface area contributed by atoms with E-state index in [1.54, 1.807) is 19.2 Å². The second-order valence-electron chi connectivity index (χ2n) is 6.04. The van der Waals surface area contributed by atoms with Gasteiger partial charge in [0.2, 0.25) is 0 Å². The molecule has 0 radical (unpaired) electrons. The van der Waals surface area contributed by atoms with E-state index in [1.165, 1.54) is 23.9 Å². The largest absolute Gasteiger partial charge is 0.497 e. The molecular formula is C21H21FN2O2S. The molecule has 3 rings (SSSR count). The van der Waals surface area contributed by atoms with Crippen LogP contribution < -0.4 is 10.1 Å². The van der Waals surface area contributed by atoms with E-state index in [1.807, 2.05) is 32.0 Å². The predicted molar refractivity (Wildman–Crippen MR) is 107 cm³/mol. The lowest BCUT2D eigenvalue weighted by Crippen LogP contribution is -2.25. The van der Waals surface area contributed by atoms with Gasteiger partial charge in [0.15, 0.2) is 0 Å².